The van der Waals surface area contributed by atoms with Crippen molar-refractivity contribution in [1.29, 1.82) is 0 Å². The van der Waals surface area contributed by atoms with Gasteiger partial charge in [0.1, 0.15) is 11.1 Å². The van der Waals surface area contributed by atoms with Crippen LogP contribution in [0, 0.1) is 0 Å². The van der Waals surface area contributed by atoms with Crippen molar-refractivity contribution >= 4 is 10.0 Å². The lowest BCUT2D eigenvalue weighted by Gasteiger charge is -2.17. The maximum absolute atomic E-state index is 12.1. The molecule has 1 heterocycles. The summed E-state index contributed by atoms with van der Waals surface area (Å²) in [6, 6.07) is 0.357. The molecule has 0 aliphatic heterocycles. The van der Waals surface area contributed by atoms with Gasteiger partial charge in [0.2, 0.25) is 10.0 Å². The van der Waals surface area contributed by atoms with Gasteiger partial charge < -0.3 is 4.57 Å². The molecule has 0 radical (unpaired) electrons. The summed E-state index contributed by atoms with van der Waals surface area (Å²) in [4.78, 5) is 4.18. The van der Waals surface area contributed by atoms with E-state index in [-0.39, 0.29) is 12.1 Å². The maximum atomic E-state index is 12.1. The van der Waals surface area contributed by atoms with E-state index in [4.69, 9.17) is 0 Å². The van der Waals surface area contributed by atoms with Gasteiger partial charge in [-0.3, -0.25) is 0 Å². The fourth-order valence-electron chi connectivity index (χ4n) is 1.75. The first-order chi connectivity index (χ1) is 7.92. The van der Waals surface area contributed by atoms with E-state index < -0.39 is 15.3 Å². The standard InChI is InChI=1S/C11H19N3O2S/c1-8(2)14-7-6-12-11(14)9(3)17(15,16)13-10-4-5-10/h6-10,13H,4-5H2,1-3H3. The van der Waals surface area contributed by atoms with Crippen LogP contribution in [-0.2, 0) is 10.0 Å². The second kappa shape index (κ2) is 4.42. The Balaban J connectivity index is 2.23. The summed E-state index contributed by atoms with van der Waals surface area (Å²) in [6.45, 7) is 5.71. The summed E-state index contributed by atoms with van der Waals surface area (Å²) in [6.07, 6.45) is 5.37. The minimum Gasteiger partial charge on any atom is -0.331 e. The van der Waals surface area contributed by atoms with Gasteiger partial charge in [-0.2, -0.15) is 0 Å². The Bertz CT molecular complexity index is 489. The van der Waals surface area contributed by atoms with Crippen molar-refractivity contribution in [3.05, 3.63) is 18.2 Å². The fourth-order valence-corrected chi connectivity index (χ4v) is 3.12. The third-order valence-electron chi connectivity index (χ3n) is 2.99. The maximum Gasteiger partial charge on any atom is 0.221 e. The minimum atomic E-state index is -3.31. The van der Waals surface area contributed by atoms with Gasteiger partial charge in [-0.05, 0) is 33.6 Å². The number of rotatable bonds is 5. The molecule has 1 aromatic heterocycles. The highest BCUT2D eigenvalue weighted by Gasteiger charge is 2.33. The van der Waals surface area contributed by atoms with Crippen molar-refractivity contribution in [1.82, 2.24) is 14.3 Å². The van der Waals surface area contributed by atoms with Gasteiger partial charge in [0.05, 0.1) is 0 Å². The number of nitrogens with zero attached hydrogens (tertiary/aromatic N) is 2. The summed E-state index contributed by atoms with van der Waals surface area (Å²) in [5, 5.41) is -0.611. The lowest BCUT2D eigenvalue weighted by molar-refractivity contribution is 0.540. The van der Waals surface area contributed by atoms with Crippen molar-refractivity contribution in [3.63, 3.8) is 0 Å². The van der Waals surface area contributed by atoms with Crippen molar-refractivity contribution in [2.75, 3.05) is 0 Å². The highest BCUT2D eigenvalue weighted by atomic mass is 32.2. The Hall–Kier alpha value is -0.880. The molecule has 2 rings (SSSR count). The van der Waals surface area contributed by atoms with Crippen molar-refractivity contribution in [2.24, 2.45) is 0 Å². The van der Waals surface area contributed by atoms with Gasteiger partial charge in [0.25, 0.3) is 0 Å². The third-order valence-corrected chi connectivity index (χ3v) is 4.80. The number of sulfonamides is 1. The van der Waals surface area contributed by atoms with E-state index >= 15 is 0 Å². The topological polar surface area (TPSA) is 64.0 Å². The average Bonchev–Trinajstić information content (AvgIpc) is 2.90. The summed E-state index contributed by atoms with van der Waals surface area (Å²) in [5.41, 5.74) is 0. The lowest BCUT2D eigenvalue weighted by atomic mass is 10.3. The molecule has 1 aliphatic carbocycles. The monoisotopic (exact) mass is 257 g/mol. The molecule has 0 bridgehead atoms. The molecule has 0 aromatic carbocycles. The van der Waals surface area contributed by atoms with E-state index in [2.05, 4.69) is 9.71 Å². The zero-order chi connectivity index (χ0) is 12.6. The van der Waals surface area contributed by atoms with Crippen LogP contribution in [0.15, 0.2) is 12.4 Å². The fraction of sp³-hybridized carbons (Fsp3) is 0.727. The molecular formula is C11H19N3O2S. The Labute approximate surface area is 102 Å². The first kappa shape index (κ1) is 12.6. The Kier molecular flexibility index (Phi) is 3.27. The van der Waals surface area contributed by atoms with Crippen LogP contribution in [0.2, 0.25) is 0 Å². The first-order valence-corrected chi connectivity index (χ1v) is 7.50. The van der Waals surface area contributed by atoms with E-state index in [1.807, 2.05) is 24.6 Å². The molecule has 1 aromatic rings. The molecule has 6 heteroatoms. The molecule has 5 nitrogen and oxygen atoms in total. The molecular weight excluding hydrogens is 238 g/mol. The largest absolute Gasteiger partial charge is 0.331 e. The second-order valence-electron chi connectivity index (χ2n) is 4.87. The highest BCUT2D eigenvalue weighted by Crippen LogP contribution is 2.26. The molecule has 1 atom stereocenters. The van der Waals surface area contributed by atoms with Crippen LogP contribution >= 0.6 is 0 Å². The predicted octanol–water partition coefficient (Wildman–Crippen LogP) is 1.61. The molecule has 17 heavy (non-hydrogen) atoms. The molecule has 0 saturated heterocycles. The zero-order valence-corrected chi connectivity index (χ0v) is 11.2. The van der Waals surface area contributed by atoms with Crippen molar-refractivity contribution < 1.29 is 8.42 Å². The first-order valence-electron chi connectivity index (χ1n) is 5.95. The molecule has 96 valence electrons. The predicted molar refractivity (Wildman–Crippen MR) is 66.1 cm³/mol. The molecule has 1 N–H and O–H groups in total. The molecule has 0 spiro atoms. The quantitative estimate of drug-likeness (QED) is 0.871. The van der Waals surface area contributed by atoms with Gasteiger partial charge in [-0.25, -0.2) is 18.1 Å². The third kappa shape index (κ3) is 2.69. The van der Waals surface area contributed by atoms with Crippen LogP contribution in [-0.4, -0.2) is 24.0 Å². The van der Waals surface area contributed by atoms with Gasteiger partial charge in [0, 0.05) is 24.5 Å². The van der Waals surface area contributed by atoms with Crippen LogP contribution in [0.1, 0.15) is 50.7 Å². The highest BCUT2D eigenvalue weighted by molar-refractivity contribution is 7.89. The number of hydrogen-bond donors (Lipinski definition) is 1. The summed E-state index contributed by atoms with van der Waals surface area (Å²) < 4.78 is 28.8. The molecule has 1 unspecified atom stereocenters. The molecule has 0 amide bonds. The van der Waals surface area contributed by atoms with Gasteiger partial charge >= 0.3 is 0 Å². The smallest absolute Gasteiger partial charge is 0.221 e. The number of nitrogens with one attached hydrogen (secondary N) is 1. The van der Waals surface area contributed by atoms with Crippen molar-refractivity contribution in [2.45, 2.75) is 50.9 Å². The van der Waals surface area contributed by atoms with Crippen molar-refractivity contribution in [3.8, 4) is 0 Å². The number of aromatic nitrogens is 2. The van der Waals surface area contributed by atoms with Gasteiger partial charge in [0.15, 0.2) is 0 Å². The zero-order valence-electron chi connectivity index (χ0n) is 10.4. The van der Waals surface area contributed by atoms with Crippen LogP contribution in [0.5, 0.6) is 0 Å². The SMILES string of the molecule is CC(C)n1ccnc1C(C)S(=O)(=O)NC1CC1. The molecule has 1 fully saturated rings. The summed E-state index contributed by atoms with van der Waals surface area (Å²) in [7, 11) is -3.31. The minimum absolute atomic E-state index is 0.143. The Morgan fingerprint density at radius 1 is 1.41 bits per heavy atom. The van der Waals surface area contributed by atoms with Crippen LogP contribution < -0.4 is 4.72 Å². The van der Waals surface area contributed by atoms with Gasteiger partial charge in [-0.1, -0.05) is 0 Å². The Morgan fingerprint density at radius 3 is 2.59 bits per heavy atom. The van der Waals surface area contributed by atoms with E-state index in [9.17, 15) is 8.42 Å². The number of hydrogen-bond acceptors (Lipinski definition) is 3. The second-order valence-corrected chi connectivity index (χ2v) is 6.90. The number of imidazole rings is 1. The molecule has 1 saturated carbocycles. The summed E-state index contributed by atoms with van der Waals surface area (Å²) in [5.74, 6) is 0.605. The average molecular weight is 257 g/mol. The lowest BCUT2D eigenvalue weighted by Crippen LogP contribution is -2.31. The van der Waals surface area contributed by atoms with Crippen LogP contribution in [0.4, 0.5) is 0 Å². The van der Waals surface area contributed by atoms with E-state index in [1.165, 1.54) is 0 Å². The molecule has 1 aliphatic rings. The normalized spacial score (nSPS) is 18.6. The van der Waals surface area contributed by atoms with E-state index in [1.54, 1.807) is 13.1 Å². The van der Waals surface area contributed by atoms with Crippen LogP contribution in [0.3, 0.4) is 0 Å². The van der Waals surface area contributed by atoms with E-state index in [0.717, 1.165) is 12.8 Å². The Morgan fingerprint density at radius 2 is 2.06 bits per heavy atom. The van der Waals surface area contributed by atoms with Gasteiger partial charge in [-0.15, -0.1) is 0 Å². The van der Waals surface area contributed by atoms with Crippen LogP contribution in [0.25, 0.3) is 0 Å². The van der Waals surface area contributed by atoms with E-state index in [0.29, 0.717) is 5.82 Å². The summed E-state index contributed by atoms with van der Waals surface area (Å²) >= 11 is 0.